The highest BCUT2D eigenvalue weighted by molar-refractivity contribution is 5.83. The lowest BCUT2D eigenvalue weighted by Gasteiger charge is -2.38. The maximum atomic E-state index is 13.6. The highest BCUT2D eigenvalue weighted by Gasteiger charge is 2.59. The van der Waals surface area contributed by atoms with E-state index in [9.17, 15) is 13.6 Å². The van der Waals surface area contributed by atoms with E-state index in [4.69, 9.17) is 0 Å². The van der Waals surface area contributed by atoms with Gasteiger partial charge in [-0.2, -0.15) is 10.2 Å². The van der Waals surface area contributed by atoms with Crippen LogP contribution in [0.3, 0.4) is 0 Å². The van der Waals surface area contributed by atoms with Crippen molar-refractivity contribution in [2.45, 2.75) is 45.2 Å². The lowest BCUT2D eigenvalue weighted by atomic mass is 9.69. The first-order valence-corrected chi connectivity index (χ1v) is 9.73. The summed E-state index contributed by atoms with van der Waals surface area (Å²) in [5, 5.41) is 10.1. The van der Waals surface area contributed by atoms with Gasteiger partial charge < -0.3 is 0 Å². The summed E-state index contributed by atoms with van der Waals surface area (Å²) in [5.41, 5.74) is 1.72. The van der Waals surface area contributed by atoms with Crippen LogP contribution in [0.1, 0.15) is 42.9 Å². The van der Waals surface area contributed by atoms with Crippen LogP contribution in [0.2, 0.25) is 0 Å². The molecule has 2 atom stereocenters. The van der Waals surface area contributed by atoms with Gasteiger partial charge in [0, 0.05) is 37.4 Å². The molecule has 5 nitrogen and oxygen atoms in total. The fourth-order valence-corrected chi connectivity index (χ4v) is 5.36. The van der Waals surface area contributed by atoms with Crippen molar-refractivity contribution in [3.63, 3.8) is 0 Å². The van der Waals surface area contributed by atoms with Crippen LogP contribution in [0.4, 0.5) is 8.78 Å². The predicted octanol–water partition coefficient (Wildman–Crippen LogP) is 3.85. The van der Waals surface area contributed by atoms with Crippen molar-refractivity contribution in [3.8, 4) is 0 Å². The first-order chi connectivity index (χ1) is 13.4. The Morgan fingerprint density at radius 2 is 1.96 bits per heavy atom. The predicted molar refractivity (Wildman–Crippen MR) is 99.3 cm³/mol. The van der Waals surface area contributed by atoms with Crippen LogP contribution in [-0.2, 0) is 11.3 Å². The van der Waals surface area contributed by atoms with E-state index in [0.717, 1.165) is 37.4 Å². The number of aromatic nitrogens is 2. The Morgan fingerprint density at radius 3 is 2.64 bits per heavy atom. The second-order valence-electron chi connectivity index (χ2n) is 8.63. The molecule has 28 heavy (non-hydrogen) atoms. The highest BCUT2D eigenvalue weighted by atomic mass is 19.1. The van der Waals surface area contributed by atoms with E-state index in [1.165, 1.54) is 17.1 Å². The first kappa shape index (κ1) is 17.5. The number of nitrogens with zero attached hydrogens (tertiary/aromatic N) is 4. The monoisotopic (exact) mass is 384 g/mol. The molecule has 146 valence electrons. The fourth-order valence-electron chi connectivity index (χ4n) is 5.36. The highest BCUT2D eigenvalue weighted by Crippen LogP contribution is 2.63. The van der Waals surface area contributed by atoms with Gasteiger partial charge in [-0.1, -0.05) is 0 Å². The molecule has 0 spiro atoms. The minimum absolute atomic E-state index is 0.0237. The van der Waals surface area contributed by atoms with Crippen LogP contribution >= 0.6 is 0 Å². The smallest absolute Gasteiger partial charge is 0.246 e. The van der Waals surface area contributed by atoms with E-state index in [1.807, 2.05) is 24.0 Å². The molecular weight excluding hydrogens is 362 g/mol. The summed E-state index contributed by atoms with van der Waals surface area (Å²) in [6, 6.07) is 3.00. The summed E-state index contributed by atoms with van der Waals surface area (Å²) >= 11 is 0. The Morgan fingerprint density at radius 1 is 1.21 bits per heavy atom. The number of fused-ring (bicyclic) bond motifs is 1. The number of hydrogen-bond acceptors (Lipinski definition) is 3. The van der Waals surface area contributed by atoms with Crippen molar-refractivity contribution in [2.24, 2.45) is 22.4 Å². The molecule has 6 rings (SSSR count). The molecule has 0 N–H and O–H groups in total. The van der Waals surface area contributed by atoms with Crippen LogP contribution in [0.5, 0.6) is 0 Å². The molecule has 1 aliphatic heterocycles. The van der Waals surface area contributed by atoms with Crippen molar-refractivity contribution in [1.29, 1.82) is 0 Å². The van der Waals surface area contributed by atoms with Gasteiger partial charge >= 0.3 is 0 Å². The van der Waals surface area contributed by atoms with Crippen molar-refractivity contribution in [3.05, 3.63) is 53.4 Å². The second-order valence-corrected chi connectivity index (χ2v) is 8.63. The van der Waals surface area contributed by atoms with E-state index in [1.54, 1.807) is 6.21 Å². The standard InChI is InChI=1S/C21H22F2N4O/c1-13-10-25-26(11-13)12-21-7-15(8-21)18(9-21)20(28)27-19(2-3-24-27)14-4-16(22)6-17(23)5-14/h3-6,10-11,15,18-19H,2,7-9,12H2,1H3. The molecule has 2 aromatic rings. The second kappa shape index (κ2) is 6.22. The molecule has 4 aliphatic rings. The number of carbonyl (C=O) groups excluding carboxylic acids is 1. The lowest BCUT2D eigenvalue weighted by molar-refractivity contribution is -0.138. The van der Waals surface area contributed by atoms with Crippen LogP contribution in [-0.4, -0.2) is 26.9 Å². The number of hydrazone groups is 1. The molecule has 3 aliphatic carbocycles. The van der Waals surface area contributed by atoms with E-state index in [-0.39, 0.29) is 17.2 Å². The van der Waals surface area contributed by atoms with Gasteiger partial charge in [0.2, 0.25) is 5.91 Å². The Bertz CT molecular complexity index is 943. The van der Waals surface area contributed by atoms with Crippen molar-refractivity contribution in [2.75, 3.05) is 0 Å². The molecule has 0 saturated heterocycles. The molecule has 3 fully saturated rings. The molecule has 1 amide bonds. The molecule has 7 heteroatoms. The Balaban J connectivity index is 1.32. The summed E-state index contributed by atoms with van der Waals surface area (Å²) in [7, 11) is 0. The van der Waals surface area contributed by atoms with E-state index >= 15 is 0 Å². The minimum Gasteiger partial charge on any atom is -0.273 e. The third kappa shape index (κ3) is 2.84. The number of benzene rings is 1. The van der Waals surface area contributed by atoms with Gasteiger partial charge in [-0.15, -0.1) is 0 Å². The normalized spacial score (nSPS) is 30.7. The molecule has 1 aromatic carbocycles. The molecule has 2 heterocycles. The number of carbonyl (C=O) groups is 1. The van der Waals surface area contributed by atoms with Crippen molar-refractivity contribution >= 4 is 12.1 Å². The Labute approximate surface area is 162 Å². The molecule has 1 aromatic heterocycles. The van der Waals surface area contributed by atoms with Crippen LogP contribution < -0.4 is 0 Å². The third-order valence-electron chi connectivity index (χ3n) is 6.51. The molecular formula is C21H22F2N4O. The Hall–Kier alpha value is -2.57. The van der Waals surface area contributed by atoms with Gasteiger partial charge in [-0.05, 0) is 60.8 Å². The molecule has 2 unspecified atom stereocenters. The number of halogens is 2. The topological polar surface area (TPSA) is 50.5 Å². The summed E-state index contributed by atoms with van der Waals surface area (Å²) in [5.74, 6) is -1.00. The Kier molecular flexibility index (Phi) is 3.89. The maximum absolute atomic E-state index is 13.6. The summed E-state index contributed by atoms with van der Waals surface area (Å²) in [6.07, 6.45) is 8.91. The first-order valence-electron chi connectivity index (χ1n) is 9.73. The summed E-state index contributed by atoms with van der Waals surface area (Å²) < 4.78 is 29.3. The van der Waals surface area contributed by atoms with Crippen molar-refractivity contribution < 1.29 is 13.6 Å². The number of aryl methyl sites for hydroxylation is 1. The zero-order chi connectivity index (χ0) is 19.5. The van der Waals surface area contributed by atoms with Crippen LogP contribution in [0, 0.1) is 35.8 Å². The summed E-state index contributed by atoms with van der Waals surface area (Å²) in [6.45, 7) is 2.86. The fraction of sp³-hybridized carbons (Fsp3) is 0.476. The van der Waals surface area contributed by atoms with E-state index < -0.39 is 17.7 Å². The van der Waals surface area contributed by atoms with Crippen LogP contribution in [0.15, 0.2) is 35.7 Å². The van der Waals surface area contributed by atoms with E-state index in [2.05, 4.69) is 10.2 Å². The average molecular weight is 384 g/mol. The van der Waals surface area contributed by atoms with Gasteiger partial charge in [-0.25, -0.2) is 13.8 Å². The SMILES string of the molecule is Cc1cnn(CC23CC(C2)C(C(=O)N2N=CCC2c2cc(F)cc(F)c2)C3)c1. The zero-order valence-electron chi connectivity index (χ0n) is 15.7. The quantitative estimate of drug-likeness (QED) is 0.804. The molecule has 3 saturated carbocycles. The summed E-state index contributed by atoms with van der Waals surface area (Å²) in [4.78, 5) is 13.2. The van der Waals surface area contributed by atoms with Crippen LogP contribution in [0.25, 0.3) is 0 Å². The molecule has 2 bridgehead atoms. The van der Waals surface area contributed by atoms with Crippen molar-refractivity contribution in [1.82, 2.24) is 14.8 Å². The van der Waals surface area contributed by atoms with E-state index in [0.29, 0.717) is 17.9 Å². The van der Waals surface area contributed by atoms with Gasteiger partial charge in [0.15, 0.2) is 0 Å². The minimum atomic E-state index is -0.633. The number of amides is 1. The third-order valence-corrected chi connectivity index (χ3v) is 6.51. The van der Waals surface area contributed by atoms with Gasteiger partial charge in [0.1, 0.15) is 11.6 Å². The van der Waals surface area contributed by atoms with Gasteiger partial charge in [-0.3, -0.25) is 9.48 Å². The van der Waals surface area contributed by atoms with Gasteiger partial charge in [0.05, 0.1) is 12.2 Å². The number of hydrogen-bond donors (Lipinski definition) is 0. The average Bonchev–Trinajstić information content (AvgIpc) is 3.36. The number of rotatable bonds is 4. The molecule has 0 radical (unpaired) electrons. The largest absolute Gasteiger partial charge is 0.273 e. The lowest BCUT2D eigenvalue weighted by Crippen LogP contribution is -2.35. The van der Waals surface area contributed by atoms with Gasteiger partial charge in [0.25, 0.3) is 0 Å². The zero-order valence-corrected chi connectivity index (χ0v) is 15.7. The maximum Gasteiger partial charge on any atom is 0.246 e.